The van der Waals surface area contributed by atoms with E-state index in [-0.39, 0.29) is 12.4 Å². The number of hydrogen-bond acceptors (Lipinski definition) is 5. The number of carbonyl (C=O) groups is 1. The van der Waals surface area contributed by atoms with Crippen LogP contribution in [0.15, 0.2) is 12.7 Å². The highest BCUT2D eigenvalue weighted by molar-refractivity contribution is 5.76. The first-order chi connectivity index (χ1) is 8.31. The highest BCUT2D eigenvalue weighted by atomic mass is 16.5. The Balaban J connectivity index is 2.16. The van der Waals surface area contributed by atoms with E-state index >= 15 is 0 Å². The van der Waals surface area contributed by atoms with Gasteiger partial charge in [-0.3, -0.25) is 4.79 Å². The molecule has 0 radical (unpaired) electrons. The number of H-pyrrole nitrogens is 1. The van der Waals surface area contributed by atoms with Crippen molar-refractivity contribution in [2.45, 2.75) is 13.3 Å². The van der Waals surface area contributed by atoms with Crippen LogP contribution in [0.25, 0.3) is 11.2 Å². The number of nitrogens with one attached hydrogen (secondary N) is 1. The molecule has 2 aromatic rings. The molecule has 6 heteroatoms. The van der Waals surface area contributed by atoms with E-state index in [1.54, 1.807) is 6.92 Å². The molecule has 0 saturated carbocycles. The summed E-state index contributed by atoms with van der Waals surface area (Å²) in [4.78, 5) is 25.9. The molecule has 1 N–H and O–H groups in total. The average molecular weight is 230 g/mol. The zero-order valence-corrected chi connectivity index (χ0v) is 9.23. The maximum atomic E-state index is 11.1. The van der Waals surface area contributed by atoms with E-state index in [1.807, 2.05) is 0 Å². The number of aromatic nitrogens is 4. The van der Waals surface area contributed by atoms with Crippen LogP contribution in [0.1, 0.15) is 19.0 Å². The molecule has 0 aliphatic carbocycles. The molecule has 2 aromatic heterocycles. The Kier molecular flexibility index (Phi) is 3.31. The van der Waals surface area contributed by atoms with Crippen LogP contribution in [-0.2, 0) is 9.53 Å². The fourth-order valence-corrected chi connectivity index (χ4v) is 1.27. The summed E-state index contributed by atoms with van der Waals surface area (Å²) in [5.41, 5.74) is 1.75. The second-order valence-corrected chi connectivity index (χ2v) is 3.11. The van der Waals surface area contributed by atoms with E-state index < -0.39 is 0 Å². The third-order valence-electron chi connectivity index (χ3n) is 1.97. The van der Waals surface area contributed by atoms with Crippen LogP contribution < -0.4 is 0 Å². The lowest BCUT2D eigenvalue weighted by atomic mass is 10.3. The van der Waals surface area contributed by atoms with Crippen molar-refractivity contribution in [3.63, 3.8) is 0 Å². The molecule has 0 atom stereocenters. The summed E-state index contributed by atoms with van der Waals surface area (Å²) in [5.74, 6) is 5.16. The Bertz CT molecular complexity index is 594. The lowest BCUT2D eigenvalue weighted by Crippen LogP contribution is -2.01. The Morgan fingerprint density at radius 1 is 1.47 bits per heavy atom. The van der Waals surface area contributed by atoms with Gasteiger partial charge >= 0.3 is 5.97 Å². The molecule has 0 aliphatic rings. The van der Waals surface area contributed by atoms with Crippen LogP contribution in [0.4, 0.5) is 0 Å². The summed E-state index contributed by atoms with van der Waals surface area (Å²) in [7, 11) is 0. The lowest BCUT2D eigenvalue weighted by molar-refractivity contribution is -0.141. The van der Waals surface area contributed by atoms with Crippen LogP contribution in [0.5, 0.6) is 0 Å². The van der Waals surface area contributed by atoms with Crippen molar-refractivity contribution in [3.05, 3.63) is 18.3 Å². The van der Waals surface area contributed by atoms with Gasteiger partial charge in [0.05, 0.1) is 12.9 Å². The number of rotatable bonds is 2. The molecule has 86 valence electrons. The quantitative estimate of drug-likeness (QED) is 0.605. The summed E-state index contributed by atoms with van der Waals surface area (Å²) in [5, 5.41) is 0. The van der Waals surface area contributed by atoms with Gasteiger partial charge in [-0.25, -0.2) is 15.0 Å². The largest absolute Gasteiger partial charge is 0.465 e. The Hall–Kier alpha value is -2.42. The van der Waals surface area contributed by atoms with Gasteiger partial charge in [0.1, 0.15) is 24.0 Å². The maximum absolute atomic E-state index is 11.1. The number of imidazole rings is 1. The van der Waals surface area contributed by atoms with Crippen molar-refractivity contribution in [3.8, 4) is 11.8 Å². The highest BCUT2D eigenvalue weighted by Gasteiger charge is 2.02. The van der Waals surface area contributed by atoms with E-state index in [2.05, 4.69) is 31.8 Å². The second kappa shape index (κ2) is 5.07. The van der Waals surface area contributed by atoms with Gasteiger partial charge in [-0.2, -0.15) is 0 Å². The Labute approximate surface area is 97.4 Å². The molecule has 0 amide bonds. The smallest absolute Gasteiger partial charge is 0.317 e. The van der Waals surface area contributed by atoms with E-state index in [0.29, 0.717) is 23.5 Å². The van der Waals surface area contributed by atoms with Crippen LogP contribution in [0.2, 0.25) is 0 Å². The van der Waals surface area contributed by atoms with Gasteiger partial charge < -0.3 is 9.72 Å². The molecule has 0 aliphatic heterocycles. The minimum Gasteiger partial charge on any atom is -0.465 e. The van der Waals surface area contributed by atoms with Gasteiger partial charge in [0.2, 0.25) is 0 Å². The third kappa shape index (κ3) is 2.58. The molecule has 0 fully saturated rings. The van der Waals surface area contributed by atoms with Gasteiger partial charge in [-0.15, -0.1) is 0 Å². The molecule has 0 spiro atoms. The number of nitrogens with zero attached hydrogens (tertiary/aromatic N) is 3. The molecule has 2 rings (SSSR count). The number of fused-ring (bicyclic) bond motifs is 1. The van der Waals surface area contributed by atoms with Gasteiger partial charge in [0, 0.05) is 0 Å². The predicted molar refractivity (Wildman–Crippen MR) is 59.8 cm³/mol. The minimum atomic E-state index is -0.338. The monoisotopic (exact) mass is 230 g/mol. The molecule has 0 aromatic carbocycles. The van der Waals surface area contributed by atoms with Gasteiger partial charge in [0.15, 0.2) is 5.65 Å². The first kappa shape index (κ1) is 11.1. The van der Waals surface area contributed by atoms with Crippen molar-refractivity contribution in [2.75, 3.05) is 6.61 Å². The van der Waals surface area contributed by atoms with Gasteiger partial charge in [0.25, 0.3) is 0 Å². The Morgan fingerprint density at radius 3 is 3.18 bits per heavy atom. The predicted octanol–water partition coefficient (Wildman–Crippen LogP) is 0.658. The molecule has 6 nitrogen and oxygen atoms in total. The third-order valence-corrected chi connectivity index (χ3v) is 1.97. The van der Waals surface area contributed by atoms with E-state index in [0.717, 1.165) is 0 Å². The summed E-state index contributed by atoms with van der Waals surface area (Å²) in [6.07, 6.45) is 2.96. The molecule has 2 heterocycles. The van der Waals surface area contributed by atoms with Crippen LogP contribution in [0.3, 0.4) is 0 Å². The minimum absolute atomic E-state index is 0.0491. The van der Waals surface area contributed by atoms with Crippen LogP contribution >= 0.6 is 0 Å². The summed E-state index contributed by atoms with van der Waals surface area (Å²) >= 11 is 0. The molecular weight excluding hydrogens is 220 g/mol. The molecule has 0 bridgehead atoms. The summed E-state index contributed by atoms with van der Waals surface area (Å²) in [6.45, 7) is 2.11. The molecule has 17 heavy (non-hydrogen) atoms. The fourth-order valence-electron chi connectivity index (χ4n) is 1.27. The number of hydrogen-bond donors (Lipinski definition) is 1. The van der Waals surface area contributed by atoms with Crippen LogP contribution in [0, 0.1) is 11.8 Å². The van der Waals surface area contributed by atoms with Crippen molar-refractivity contribution in [1.82, 2.24) is 19.9 Å². The molecular formula is C11H10N4O2. The topological polar surface area (TPSA) is 80.8 Å². The van der Waals surface area contributed by atoms with Crippen molar-refractivity contribution in [2.24, 2.45) is 0 Å². The summed E-state index contributed by atoms with van der Waals surface area (Å²) in [6, 6.07) is 0. The Morgan fingerprint density at radius 2 is 2.35 bits per heavy atom. The standard InChI is InChI=1S/C11H10N4O2/c1-2-17-9(16)5-3-4-8-10-11(14-6-12-8)15-7-13-10/h6-7H,2,5H2,1H3,(H,12,13,14,15). The number of esters is 1. The van der Waals surface area contributed by atoms with Gasteiger partial charge in [-0.05, 0) is 12.8 Å². The molecule has 0 unspecified atom stereocenters. The second-order valence-electron chi connectivity index (χ2n) is 3.11. The van der Waals surface area contributed by atoms with Gasteiger partial charge in [-0.1, -0.05) is 5.92 Å². The summed E-state index contributed by atoms with van der Waals surface area (Å²) < 4.78 is 4.76. The highest BCUT2D eigenvalue weighted by Crippen LogP contribution is 2.07. The fraction of sp³-hybridized carbons (Fsp3) is 0.273. The maximum Gasteiger partial charge on any atom is 0.317 e. The molecule has 0 saturated heterocycles. The van der Waals surface area contributed by atoms with Crippen LogP contribution in [-0.4, -0.2) is 32.5 Å². The lowest BCUT2D eigenvalue weighted by Gasteiger charge is -1.94. The zero-order valence-electron chi connectivity index (χ0n) is 9.23. The number of carbonyl (C=O) groups excluding carboxylic acids is 1. The van der Waals surface area contributed by atoms with Crippen molar-refractivity contribution in [1.29, 1.82) is 0 Å². The van der Waals surface area contributed by atoms with E-state index in [4.69, 9.17) is 4.74 Å². The first-order valence-electron chi connectivity index (χ1n) is 5.10. The van der Waals surface area contributed by atoms with E-state index in [1.165, 1.54) is 12.7 Å². The SMILES string of the molecule is CCOC(=O)CC#Cc1ncnc2nc[nH]c12. The van der Waals surface area contributed by atoms with Crippen molar-refractivity contribution < 1.29 is 9.53 Å². The first-order valence-corrected chi connectivity index (χ1v) is 5.10. The number of aromatic amines is 1. The normalized spacial score (nSPS) is 9.71. The van der Waals surface area contributed by atoms with E-state index in [9.17, 15) is 4.79 Å². The van der Waals surface area contributed by atoms with Crippen molar-refractivity contribution >= 4 is 17.1 Å². The number of ether oxygens (including phenoxy) is 1. The average Bonchev–Trinajstić information content (AvgIpc) is 2.78. The zero-order chi connectivity index (χ0) is 12.1.